The van der Waals surface area contributed by atoms with Gasteiger partial charge in [0.1, 0.15) is 11.6 Å². The van der Waals surface area contributed by atoms with Crippen molar-refractivity contribution in [2.75, 3.05) is 0 Å². The van der Waals surface area contributed by atoms with E-state index in [1.807, 2.05) is 0 Å². The van der Waals surface area contributed by atoms with Crippen LogP contribution in [0.25, 0.3) is 5.57 Å². The summed E-state index contributed by atoms with van der Waals surface area (Å²) < 4.78 is 64.0. The van der Waals surface area contributed by atoms with Gasteiger partial charge in [0.15, 0.2) is 0 Å². The predicted molar refractivity (Wildman–Crippen MR) is 69.9 cm³/mol. The van der Waals surface area contributed by atoms with Crippen LogP contribution in [0.2, 0.25) is 0 Å². The number of alkyl halides is 3. The number of nitrogens with zero attached hydrogens (tertiary/aromatic N) is 3. The summed E-state index contributed by atoms with van der Waals surface area (Å²) in [6.45, 7) is 0. The van der Waals surface area contributed by atoms with Gasteiger partial charge in [-0.2, -0.15) is 18.4 Å². The highest BCUT2D eigenvalue weighted by molar-refractivity contribution is 6.40. The van der Waals surface area contributed by atoms with Crippen molar-refractivity contribution in [3.63, 3.8) is 0 Å². The van der Waals surface area contributed by atoms with Crippen molar-refractivity contribution in [3.8, 4) is 6.07 Å². The summed E-state index contributed by atoms with van der Waals surface area (Å²) in [5.74, 6) is 0. The Morgan fingerprint density at radius 2 is 1.95 bits per heavy atom. The third kappa shape index (κ3) is 3.16. The topological polar surface area (TPSA) is 39.9 Å². The first-order chi connectivity index (χ1) is 10.3. The fourth-order valence-corrected chi connectivity index (χ4v) is 1.82. The molecule has 0 aliphatic carbocycles. The molecule has 0 amide bonds. The molecule has 0 fully saturated rings. The van der Waals surface area contributed by atoms with Gasteiger partial charge in [-0.05, 0) is 24.3 Å². The number of pyridine rings is 1. The average Bonchev–Trinajstić information content (AvgIpc) is 2.48. The first kappa shape index (κ1) is 15.8. The number of hydrogen-bond acceptors (Lipinski definition) is 3. The minimum atomic E-state index is -4.76. The van der Waals surface area contributed by atoms with Crippen LogP contribution in [0.5, 0.6) is 0 Å². The fraction of sp³-hybridized carbons (Fsp3) is 0.0769. The van der Waals surface area contributed by atoms with Crippen LogP contribution >= 0.6 is 0 Å². The van der Waals surface area contributed by atoms with E-state index in [1.165, 1.54) is 18.3 Å². The molecule has 0 radical (unpaired) electrons. The summed E-state index contributed by atoms with van der Waals surface area (Å²) in [5.41, 5.74) is -1.71. The Bertz CT molecular complexity index is 686. The third-order valence-electron chi connectivity index (χ3n) is 2.80. The molecule has 2 heterocycles. The molecule has 2 rings (SSSR count). The summed E-state index contributed by atoms with van der Waals surface area (Å²) in [6, 6.07) is 6.22. The number of aromatic nitrogens is 1. The number of rotatable bonds is 2. The van der Waals surface area contributed by atoms with Gasteiger partial charge in [0.2, 0.25) is 0 Å². The van der Waals surface area contributed by atoms with Gasteiger partial charge in [0.25, 0.3) is 0 Å². The molecule has 1 aromatic heterocycles. The van der Waals surface area contributed by atoms with Gasteiger partial charge in [-0.15, -0.1) is 0 Å². The Labute approximate surface area is 122 Å². The quantitative estimate of drug-likeness (QED) is 0.476. The summed E-state index contributed by atoms with van der Waals surface area (Å²) in [6.07, 6.45) is -1.65. The summed E-state index contributed by atoms with van der Waals surface area (Å²) in [7, 11) is -3.23. The first-order valence-corrected chi connectivity index (χ1v) is 5.94. The van der Waals surface area contributed by atoms with Gasteiger partial charge >= 0.3 is 13.6 Å². The van der Waals surface area contributed by atoms with Crippen LogP contribution in [0, 0.1) is 11.3 Å². The van der Waals surface area contributed by atoms with Crippen LogP contribution in [0.15, 0.2) is 54.0 Å². The van der Waals surface area contributed by atoms with Crippen molar-refractivity contribution in [1.82, 2.24) is 9.79 Å². The number of allylic oxidation sites excluding steroid dienone is 4. The summed E-state index contributed by atoms with van der Waals surface area (Å²) >= 11 is 0. The predicted octanol–water partition coefficient (Wildman–Crippen LogP) is 3.56. The second-order valence-electron chi connectivity index (χ2n) is 4.19. The summed E-state index contributed by atoms with van der Waals surface area (Å²) in [4.78, 5) is 3.97. The standard InChI is InChI=1S/C13H7BF5N3/c15-13(16,17)9-4-5-12(22(8-9)14(18)19)10(7-20)11-3-1-2-6-21-11/h1-6,8H/b12-10+. The molecule has 1 aliphatic heterocycles. The average molecular weight is 311 g/mol. The molecule has 112 valence electrons. The van der Waals surface area contributed by atoms with Crippen molar-refractivity contribution in [1.29, 1.82) is 5.26 Å². The van der Waals surface area contributed by atoms with Crippen molar-refractivity contribution in [2.24, 2.45) is 0 Å². The van der Waals surface area contributed by atoms with Crippen LogP contribution in [0.3, 0.4) is 0 Å². The Hall–Kier alpha value is -2.63. The highest BCUT2D eigenvalue weighted by atomic mass is 19.4. The Balaban J connectivity index is 2.56. The van der Waals surface area contributed by atoms with E-state index < -0.39 is 19.2 Å². The van der Waals surface area contributed by atoms with Crippen molar-refractivity contribution >= 4 is 13.0 Å². The normalized spacial score (nSPS) is 16.9. The molecular weight excluding hydrogens is 304 g/mol. The molecule has 0 spiro atoms. The second-order valence-corrected chi connectivity index (χ2v) is 4.19. The van der Waals surface area contributed by atoms with Crippen LogP contribution < -0.4 is 0 Å². The van der Waals surface area contributed by atoms with E-state index in [-0.39, 0.29) is 28.0 Å². The highest BCUT2D eigenvalue weighted by Crippen LogP contribution is 2.33. The molecule has 0 bridgehead atoms. The minimum Gasteiger partial charge on any atom is -0.330 e. The van der Waals surface area contributed by atoms with Crippen molar-refractivity contribution in [2.45, 2.75) is 6.18 Å². The zero-order chi connectivity index (χ0) is 16.3. The molecule has 0 unspecified atom stereocenters. The molecule has 0 saturated heterocycles. The lowest BCUT2D eigenvalue weighted by Crippen LogP contribution is -2.31. The largest absolute Gasteiger partial charge is 0.677 e. The first-order valence-electron chi connectivity index (χ1n) is 5.94. The monoisotopic (exact) mass is 311 g/mol. The molecule has 0 N–H and O–H groups in total. The minimum absolute atomic E-state index is 0.0964. The smallest absolute Gasteiger partial charge is 0.330 e. The molecule has 3 nitrogen and oxygen atoms in total. The fourth-order valence-electron chi connectivity index (χ4n) is 1.82. The zero-order valence-corrected chi connectivity index (χ0v) is 10.9. The SMILES string of the molecule is N#C/C(=C1/C=CC(C(F)(F)F)=CN1B(F)F)c1ccccn1. The summed E-state index contributed by atoms with van der Waals surface area (Å²) in [5, 5.41) is 9.16. The number of hydrogen-bond donors (Lipinski definition) is 0. The maximum absolute atomic E-state index is 13.1. The number of halogens is 5. The van der Waals surface area contributed by atoms with Gasteiger partial charge < -0.3 is 4.81 Å². The van der Waals surface area contributed by atoms with Gasteiger partial charge in [-0.3, -0.25) is 13.6 Å². The van der Waals surface area contributed by atoms with Gasteiger partial charge in [0.05, 0.1) is 17.0 Å². The number of nitriles is 1. The lowest BCUT2D eigenvalue weighted by Gasteiger charge is -2.25. The molecule has 0 atom stereocenters. The van der Waals surface area contributed by atoms with E-state index in [0.717, 1.165) is 6.08 Å². The molecule has 1 aliphatic rings. The van der Waals surface area contributed by atoms with Crippen LogP contribution in [0.1, 0.15) is 5.69 Å². The maximum Gasteiger partial charge on any atom is 0.677 e. The highest BCUT2D eigenvalue weighted by Gasteiger charge is 2.38. The van der Waals surface area contributed by atoms with Gasteiger partial charge in [-0.25, -0.2) is 0 Å². The van der Waals surface area contributed by atoms with Crippen molar-refractivity contribution < 1.29 is 21.8 Å². The van der Waals surface area contributed by atoms with Gasteiger partial charge in [0, 0.05) is 12.4 Å². The Morgan fingerprint density at radius 1 is 1.23 bits per heavy atom. The van der Waals surface area contributed by atoms with E-state index in [9.17, 15) is 21.8 Å². The molecule has 22 heavy (non-hydrogen) atoms. The van der Waals surface area contributed by atoms with E-state index in [0.29, 0.717) is 6.08 Å². The molecule has 1 aromatic rings. The van der Waals surface area contributed by atoms with Crippen LogP contribution in [-0.2, 0) is 0 Å². The van der Waals surface area contributed by atoms with E-state index in [1.54, 1.807) is 12.1 Å². The van der Waals surface area contributed by atoms with Gasteiger partial charge in [-0.1, -0.05) is 6.07 Å². The van der Waals surface area contributed by atoms with Crippen LogP contribution in [0.4, 0.5) is 21.8 Å². The van der Waals surface area contributed by atoms with E-state index in [2.05, 4.69) is 4.98 Å². The molecule has 9 heteroatoms. The molecule has 0 saturated carbocycles. The van der Waals surface area contributed by atoms with E-state index in [4.69, 9.17) is 5.26 Å². The maximum atomic E-state index is 13.1. The van der Waals surface area contributed by atoms with Crippen LogP contribution in [-0.4, -0.2) is 23.4 Å². The third-order valence-corrected chi connectivity index (χ3v) is 2.80. The molecule has 0 aromatic carbocycles. The lowest BCUT2D eigenvalue weighted by molar-refractivity contribution is -0.0890. The second kappa shape index (κ2) is 6.01. The Morgan fingerprint density at radius 3 is 2.45 bits per heavy atom. The molecular formula is C13H7BF5N3. The Kier molecular flexibility index (Phi) is 4.31. The zero-order valence-electron chi connectivity index (χ0n) is 10.9. The van der Waals surface area contributed by atoms with Crippen molar-refractivity contribution in [3.05, 3.63) is 59.7 Å². The van der Waals surface area contributed by atoms with E-state index >= 15 is 0 Å². The lowest BCUT2D eigenvalue weighted by atomic mass is 9.99.